The first-order chi connectivity index (χ1) is 11.7. The number of fused-ring (bicyclic) bond motifs is 1. The van der Waals surface area contributed by atoms with Gasteiger partial charge in [0.15, 0.2) is 5.82 Å². The van der Waals surface area contributed by atoms with Gasteiger partial charge >= 0.3 is 0 Å². The van der Waals surface area contributed by atoms with Crippen molar-refractivity contribution < 1.29 is 0 Å². The van der Waals surface area contributed by atoms with Gasteiger partial charge < -0.3 is 4.40 Å². The van der Waals surface area contributed by atoms with Gasteiger partial charge in [-0.05, 0) is 25.1 Å². The molecule has 0 spiro atoms. The largest absolute Gasteiger partial charge is 0.304 e. The third-order valence-corrected chi connectivity index (χ3v) is 5.26. The van der Waals surface area contributed by atoms with Crippen molar-refractivity contribution in [3.63, 3.8) is 0 Å². The molecular weight excluding hydrogens is 386 g/mol. The Balaban J connectivity index is 1.52. The van der Waals surface area contributed by atoms with Crippen molar-refractivity contribution in [1.82, 2.24) is 24.6 Å². The minimum absolute atomic E-state index is 0.717. The molecule has 0 atom stereocenters. The summed E-state index contributed by atoms with van der Waals surface area (Å²) in [6, 6.07) is 14.1. The van der Waals surface area contributed by atoms with Crippen LogP contribution in [0, 0.1) is 6.92 Å². The van der Waals surface area contributed by atoms with Crippen molar-refractivity contribution in [1.29, 1.82) is 0 Å². The Labute approximate surface area is 151 Å². The predicted molar refractivity (Wildman–Crippen MR) is 99.0 cm³/mol. The van der Waals surface area contributed by atoms with Crippen molar-refractivity contribution >= 4 is 33.3 Å². The van der Waals surface area contributed by atoms with Crippen LogP contribution in [-0.2, 0) is 5.75 Å². The van der Waals surface area contributed by atoms with Gasteiger partial charge in [-0.2, -0.15) is 0 Å². The fraction of sp³-hybridized carbons (Fsp3) is 0.118. The summed E-state index contributed by atoms with van der Waals surface area (Å²) < 4.78 is 3.09. The summed E-state index contributed by atoms with van der Waals surface area (Å²) in [5.74, 6) is 1.49. The van der Waals surface area contributed by atoms with Crippen molar-refractivity contribution in [3.8, 4) is 11.4 Å². The van der Waals surface area contributed by atoms with E-state index in [-0.39, 0.29) is 0 Å². The number of aryl methyl sites for hydroxylation is 1. The van der Waals surface area contributed by atoms with Crippen LogP contribution in [0.25, 0.3) is 17.0 Å². The van der Waals surface area contributed by atoms with Gasteiger partial charge in [0.1, 0.15) is 5.65 Å². The van der Waals surface area contributed by atoms with E-state index >= 15 is 0 Å². The highest BCUT2D eigenvalue weighted by Gasteiger charge is 2.10. The molecule has 120 valence electrons. The molecule has 0 radical (unpaired) electrons. The topological polar surface area (TPSA) is 58.9 Å². The van der Waals surface area contributed by atoms with Crippen LogP contribution in [0.2, 0.25) is 0 Å². The lowest BCUT2D eigenvalue weighted by Gasteiger charge is -1.98. The first-order valence-electron chi connectivity index (χ1n) is 7.44. The fourth-order valence-electron chi connectivity index (χ4n) is 2.49. The number of aromatic nitrogens is 5. The molecule has 4 aromatic rings. The molecular formula is C17H14BrN5S. The second-order valence-corrected chi connectivity index (χ2v) is 7.16. The van der Waals surface area contributed by atoms with Gasteiger partial charge in [-0.3, -0.25) is 5.10 Å². The molecule has 0 fully saturated rings. The van der Waals surface area contributed by atoms with Gasteiger partial charge in [-0.15, -0.1) is 5.10 Å². The number of aromatic amines is 1. The highest BCUT2D eigenvalue weighted by Crippen LogP contribution is 2.27. The highest BCUT2D eigenvalue weighted by molar-refractivity contribution is 9.10. The van der Waals surface area contributed by atoms with E-state index in [0.29, 0.717) is 0 Å². The summed E-state index contributed by atoms with van der Waals surface area (Å²) in [5, 5.41) is 8.01. The van der Waals surface area contributed by atoms with Crippen molar-refractivity contribution in [2.45, 2.75) is 17.8 Å². The minimum atomic E-state index is 0.717. The van der Waals surface area contributed by atoms with Gasteiger partial charge in [0.2, 0.25) is 5.16 Å². The third kappa shape index (κ3) is 2.97. The third-order valence-electron chi connectivity index (χ3n) is 3.69. The smallest absolute Gasteiger partial charge is 0.209 e. The summed E-state index contributed by atoms with van der Waals surface area (Å²) in [6.07, 6.45) is 2.07. The summed E-state index contributed by atoms with van der Waals surface area (Å²) >= 11 is 5.11. The number of benzene rings is 1. The Kier molecular flexibility index (Phi) is 4.12. The predicted octanol–water partition coefficient (Wildman–Crippen LogP) is 4.48. The molecule has 7 heteroatoms. The van der Waals surface area contributed by atoms with Crippen LogP contribution in [0.5, 0.6) is 0 Å². The number of thioether (sulfide) groups is 1. The summed E-state index contributed by atoms with van der Waals surface area (Å²) in [7, 11) is 0. The second-order valence-electron chi connectivity index (χ2n) is 5.36. The van der Waals surface area contributed by atoms with E-state index < -0.39 is 0 Å². The number of nitrogens with one attached hydrogen (secondary N) is 1. The Hall–Kier alpha value is -2.12. The summed E-state index contributed by atoms with van der Waals surface area (Å²) in [4.78, 5) is 9.20. The van der Waals surface area contributed by atoms with Crippen molar-refractivity contribution in [2.75, 3.05) is 0 Å². The van der Waals surface area contributed by atoms with Crippen molar-refractivity contribution in [3.05, 3.63) is 64.5 Å². The molecule has 1 N–H and O–H groups in total. The molecule has 0 amide bonds. The van der Waals surface area contributed by atoms with Crippen LogP contribution >= 0.6 is 27.7 Å². The first kappa shape index (κ1) is 15.4. The molecule has 5 nitrogen and oxygen atoms in total. The van der Waals surface area contributed by atoms with Crippen LogP contribution in [0.1, 0.15) is 11.4 Å². The van der Waals surface area contributed by atoms with E-state index in [1.54, 1.807) is 11.8 Å². The van der Waals surface area contributed by atoms with Crippen LogP contribution in [0.15, 0.2) is 58.3 Å². The molecule has 4 rings (SSSR count). The Morgan fingerprint density at radius 1 is 1.12 bits per heavy atom. The fourth-order valence-corrected chi connectivity index (χ4v) is 3.65. The average molecular weight is 400 g/mol. The quantitative estimate of drug-likeness (QED) is 0.513. The number of H-pyrrole nitrogens is 1. The average Bonchev–Trinajstić information content (AvgIpc) is 3.20. The van der Waals surface area contributed by atoms with E-state index in [1.807, 2.05) is 36.4 Å². The van der Waals surface area contributed by atoms with Crippen LogP contribution in [0.3, 0.4) is 0 Å². The maximum atomic E-state index is 4.64. The molecule has 3 heterocycles. The number of pyridine rings is 1. The minimum Gasteiger partial charge on any atom is -0.304 e. The van der Waals surface area contributed by atoms with Gasteiger partial charge in [0.05, 0.1) is 5.69 Å². The van der Waals surface area contributed by atoms with Gasteiger partial charge in [-0.1, -0.05) is 52.0 Å². The molecule has 0 aliphatic heterocycles. The Bertz CT molecular complexity index is 1010. The molecule has 0 unspecified atom stereocenters. The molecule has 0 aliphatic carbocycles. The lowest BCUT2D eigenvalue weighted by Crippen LogP contribution is -1.86. The number of imidazole rings is 1. The van der Waals surface area contributed by atoms with Gasteiger partial charge in [0, 0.05) is 27.7 Å². The lowest BCUT2D eigenvalue weighted by atomic mass is 10.2. The van der Waals surface area contributed by atoms with E-state index in [4.69, 9.17) is 0 Å². The van der Waals surface area contributed by atoms with E-state index in [1.165, 1.54) is 5.69 Å². The SMILES string of the molecule is Cc1cccc2nc(CSc3n[nH]c(-c4ccccc4Br)n3)cn12. The van der Waals surface area contributed by atoms with Crippen LogP contribution < -0.4 is 0 Å². The molecule has 0 aliphatic rings. The molecule has 1 aromatic carbocycles. The zero-order valence-electron chi connectivity index (χ0n) is 12.9. The number of halogens is 1. The van der Waals surface area contributed by atoms with Crippen LogP contribution in [-0.4, -0.2) is 24.6 Å². The van der Waals surface area contributed by atoms with Gasteiger partial charge in [0.25, 0.3) is 0 Å². The second kappa shape index (κ2) is 6.41. The molecule has 0 saturated heterocycles. The van der Waals surface area contributed by atoms with Gasteiger partial charge in [-0.25, -0.2) is 9.97 Å². The number of hydrogen-bond donors (Lipinski definition) is 1. The van der Waals surface area contributed by atoms with E-state index in [0.717, 1.165) is 38.1 Å². The number of rotatable bonds is 4. The monoisotopic (exact) mass is 399 g/mol. The van der Waals surface area contributed by atoms with Crippen LogP contribution in [0.4, 0.5) is 0 Å². The molecule has 3 aromatic heterocycles. The normalized spacial score (nSPS) is 11.2. The molecule has 0 bridgehead atoms. The molecule has 0 saturated carbocycles. The summed E-state index contributed by atoms with van der Waals surface area (Å²) in [6.45, 7) is 2.07. The summed E-state index contributed by atoms with van der Waals surface area (Å²) in [5.41, 5.74) is 4.15. The highest BCUT2D eigenvalue weighted by atomic mass is 79.9. The first-order valence-corrected chi connectivity index (χ1v) is 9.22. The maximum absolute atomic E-state index is 4.64. The zero-order chi connectivity index (χ0) is 16.5. The maximum Gasteiger partial charge on any atom is 0.209 e. The van der Waals surface area contributed by atoms with E-state index in [9.17, 15) is 0 Å². The lowest BCUT2D eigenvalue weighted by molar-refractivity contribution is 0.972. The van der Waals surface area contributed by atoms with E-state index in [2.05, 4.69) is 59.7 Å². The van der Waals surface area contributed by atoms with Crippen molar-refractivity contribution in [2.24, 2.45) is 0 Å². The number of hydrogen-bond acceptors (Lipinski definition) is 4. The standard InChI is InChI=1S/C17H14BrN5S/c1-11-5-4-8-15-19-12(9-23(11)15)10-24-17-20-16(21-22-17)13-6-2-3-7-14(13)18/h2-9H,10H2,1H3,(H,20,21,22). The zero-order valence-corrected chi connectivity index (χ0v) is 15.3. The molecule has 24 heavy (non-hydrogen) atoms. The number of nitrogens with zero attached hydrogens (tertiary/aromatic N) is 4. The Morgan fingerprint density at radius 3 is 2.83 bits per heavy atom. The Morgan fingerprint density at radius 2 is 2.00 bits per heavy atom.